The van der Waals surface area contributed by atoms with Gasteiger partial charge in [-0.3, -0.25) is 9.59 Å². The number of rotatable bonds is 2. The molecule has 3 heterocycles. The lowest BCUT2D eigenvalue weighted by atomic mass is 9.73. The molecule has 0 aromatic heterocycles. The van der Waals surface area contributed by atoms with Gasteiger partial charge in [-0.2, -0.15) is 0 Å². The summed E-state index contributed by atoms with van der Waals surface area (Å²) >= 11 is 0. The third-order valence-electron chi connectivity index (χ3n) is 6.96. The molecule has 0 saturated carbocycles. The third kappa shape index (κ3) is 2.96. The average molecular weight is 370 g/mol. The molecule has 1 aromatic rings. The molecule has 1 atom stereocenters. The number of fused-ring (bicyclic) bond motifs is 2. The maximum atomic E-state index is 13.1. The Kier molecular flexibility index (Phi) is 4.75. The van der Waals surface area contributed by atoms with Crippen molar-refractivity contribution in [3.8, 4) is 0 Å². The van der Waals surface area contributed by atoms with Gasteiger partial charge in [0.15, 0.2) is 0 Å². The van der Waals surface area contributed by atoms with Crippen LogP contribution >= 0.6 is 0 Å². The SMILES string of the molecule is CC(C)N1CCC[C@@H](C(=O)N2CCC3(CC2)C(=O)N(C)c2ccccc23)C1. The molecule has 27 heavy (non-hydrogen) atoms. The fourth-order valence-electron chi connectivity index (χ4n) is 5.24. The maximum Gasteiger partial charge on any atom is 0.237 e. The van der Waals surface area contributed by atoms with Crippen molar-refractivity contribution in [3.05, 3.63) is 29.8 Å². The van der Waals surface area contributed by atoms with Crippen LogP contribution < -0.4 is 4.90 Å². The lowest BCUT2D eigenvalue weighted by Gasteiger charge is -2.41. The molecule has 2 saturated heterocycles. The molecular weight excluding hydrogens is 338 g/mol. The molecule has 1 aromatic carbocycles. The number of likely N-dealkylation sites (N-methyl/N-ethyl adjacent to an activating group) is 1. The molecule has 0 N–H and O–H groups in total. The van der Waals surface area contributed by atoms with Crippen molar-refractivity contribution >= 4 is 17.5 Å². The number of hydrogen-bond donors (Lipinski definition) is 0. The van der Waals surface area contributed by atoms with Gasteiger partial charge in [0.1, 0.15) is 0 Å². The first-order valence-corrected chi connectivity index (χ1v) is 10.3. The van der Waals surface area contributed by atoms with Gasteiger partial charge in [-0.05, 0) is 57.7 Å². The standard InChI is InChI=1S/C22H31N3O2/c1-16(2)25-12-6-7-17(15-25)20(26)24-13-10-22(11-14-24)18-8-4-5-9-19(18)23(3)21(22)27/h4-5,8-9,16-17H,6-7,10-15H2,1-3H3/t17-/m1/s1. The van der Waals surface area contributed by atoms with E-state index in [1.165, 1.54) is 0 Å². The van der Waals surface area contributed by atoms with Crippen LogP contribution in [0.25, 0.3) is 0 Å². The van der Waals surface area contributed by atoms with Crippen LogP contribution in [0.15, 0.2) is 24.3 Å². The van der Waals surface area contributed by atoms with Crippen molar-refractivity contribution < 1.29 is 9.59 Å². The molecule has 0 aliphatic carbocycles. The molecule has 3 aliphatic rings. The summed E-state index contributed by atoms with van der Waals surface area (Å²) in [6.07, 6.45) is 3.57. The smallest absolute Gasteiger partial charge is 0.237 e. The van der Waals surface area contributed by atoms with E-state index in [1.54, 1.807) is 4.90 Å². The minimum Gasteiger partial charge on any atom is -0.342 e. The molecular formula is C22H31N3O2. The van der Waals surface area contributed by atoms with Crippen molar-refractivity contribution in [1.82, 2.24) is 9.80 Å². The summed E-state index contributed by atoms with van der Waals surface area (Å²) in [4.78, 5) is 32.4. The van der Waals surface area contributed by atoms with Gasteiger partial charge >= 0.3 is 0 Å². The van der Waals surface area contributed by atoms with E-state index < -0.39 is 5.41 Å². The van der Waals surface area contributed by atoms with Crippen LogP contribution in [0.2, 0.25) is 0 Å². The van der Waals surface area contributed by atoms with Crippen LogP contribution in [0.3, 0.4) is 0 Å². The molecule has 3 aliphatic heterocycles. The number of amides is 2. The summed E-state index contributed by atoms with van der Waals surface area (Å²) in [5, 5.41) is 0. The highest BCUT2D eigenvalue weighted by atomic mass is 16.2. The summed E-state index contributed by atoms with van der Waals surface area (Å²) in [5.41, 5.74) is 1.74. The number of likely N-dealkylation sites (tertiary alicyclic amines) is 2. The summed E-state index contributed by atoms with van der Waals surface area (Å²) < 4.78 is 0. The molecule has 0 unspecified atom stereocenters. The summed E-state index contributed by atoms with van der Waals surface area (Å²) in [6.45, 7) is 7.76. The first-order valence-electron chi connectivity index (χ1n) is 10.3. The molecule has 4 rings (SSSR count). The molecule has 146 valence electrons. The minimum atomic E-state index is -0.432. The fraction of sp³-hybridized carbons (Fsp3) is 0.636. The predicted molar refractivity (Wildman–Crippen MR) is 107 cm³/mol. The highest BCUT2D eigenvalue weighted by molar-refractivity contribution is 6.07. The average Bonchev–Trinajstić information content (AvgIpc) is 2.91. The van der Waals surface area contributed by atoms with Crippen molar-refractivity contribution in [1.29, 1.82) is 0 Å². The zero-order chi connectivity index (χ0) is 19.2. The second-order valence-corrected chi connectivity index (χ2v) is 8.72. The Morgan fingerprint density at radius 2 is 1.85 bits per heavy atom. The quantitative estimate of drug-likeness (QED) is 0.805. The van der Waals surface area contributed by atoms with Crippen LogP contribution in [0.4, 0.5) is 5.69 Å². The second kappa shape index (κ2) is 6.93. The van der Waals surface area contributed by atoms with Crippen LogP contribution in [-0.4, -0.2) is 60.9 Å². The summed E-state index contributed by atoms with van der Waals surface area (Å²) in [5.74, 6) is 0.603. The fourth-order valence-corrected chi connectivity index (χ4v) is 5.24. The molecule has 2 amide bonds. The van der Waals surface area contributed by atoms with Gasteiger partial charge in [-0.15, -0.1) is 0 Å². The Balaban J connectivity index is 1.46. The second-order valence-electron chi connectivity index (χ2n) is 8.72. The van der Waals surface area contributed by atoms with Crippen molar-refractivity contribution in [2.75, 3.05) is 38.1 Å². The number of carbonyl (C=O) groups excluding carboxylic acids is 2. The molecule has 2 fully saturated rings. The zero-order valence-electron chi connectivity index (χ0n) is 16.8. The van der Waals surface area contributed by atoms with Gasteiger partial charge in [-0.25, -0.2) is 0 Å². The molecule has 5 nitrogen and oxygen atoms in total. The molecule has 1 spiro atoms. The zero-order valence-corrected chi connectivity index (χ0v) is 16.8. The first-order chi connectivity index (χ1) is 12.9. The summed E-state index contributed by atoms with van der Waals surface area (Å²) in [7, 11) is 1.87. The van der Waals surface area contributed by atoms with Gasteiger partial charge in [0.2, 0.25) is 11.8 Å². The first kappa shape index (κ1) is 18.5. The van der Waals surface area contributed by atoms with Gasteiger partial charge < -0.3 is 14.7 Å². The Morgan fingerprint density at radius 1 is 1.15 bits per heavy atom. The van der Waals surface area contributed by atoms with E-state index in [1.807, 2.05) is 30.1 Å². The Hall–Kier alpha value is -1.88. The van der Waals surface area contributed by atoms with E-state index in [2.05, 4.69) is 24.8 Å². The van der Waals surface area contributed by atoms with E-state index in [0.29, 0.717) is 25.0 Å². The van der Waals surface area contributed by atoms with Gasteiger partial charge in [0.25, 0.3) is 0 Å². The van der Waals surface area contributed by atoms with Gasteiger partial charge in [0.05, 0.1) is 11.3 Å². The van der Waals surface area contributed by atoms with E-state index >= 15 is 0 Å². The number of carbonyl (C=O) groups is 2. The lowest BCUT2D eigenvalue weighted by Crippen LogP contribution is -2.53. The largest absolute Gasteiger partial charge is 0.342 e. The third-order valence-corrected chi connectivity index (χ3v) is 6.96. The maximum absolute atomic E-state index is 13.1. The van der Waals surface area contributed by atoms with Crippen molar-refractivity contribution in [3.63, 3.8) is 0 Å². The number of piperidine rings is 2. The highest BCUT2D eigenvalue weighted by Crippen LogP contribution is 2.47. The molecule has 0 radical (unpaired) electrons. The number of nitrogens with zero attached hydrogens (tertiary/aromatic N) is 3. The van der Waals surface area contributed by atoms with E-state index in [-0.39, 0.29) is 11.8 Å². The van der Waals surface area contributed by atoms with Crippen molar-refractivity contribution in [2.45, 2.75) is 51.0 Å². The Morgan fingerprint density at radius 3 is 2.56 bits per heavy atom. The van der Waals surface area contributed by atoms with Gasteiger partial charge in [-0.1, -0.05) is 18.2 Å². The number of hydrogen-bond acceptors (Lipinski definition) is 3. The molecule has 0 bridgehead atoms. The van der Waals surface area contributed by atoms with E-state index in [4.69, 9.17) is 0 Å². The van der Waals surface area contributed by atoms with E-state index in [0.717, 1.165) is 50.0 Å². The van der Waals surface area contributed by atoms with Crippen LogP contribution in [0.5, 0.6) is 0 Å². The Bertz CT molecular complexity index is 737. The van der Waals surface area contributed by atoms with Crippen molar-refractivity contribution in [2.24, 2.45) is 5.92 Å². The minimum absolute atomic E-state index is 0.115. The normalized spacial score (nSPS) is 25.3. The van der Waals surface area contributed by atoms with Gasteiger partial charge in [0, 0.05) is 38.4 Å². The number of benzene rings is 1. The summed E-state index contributed by atoms with van der Waals surface area (Å²) in [6, 6.07) is 8.63. The molecule has 5 heteroatoms. The van der Waals surface area contributed by atoms with Crippen LogP contribution in [0, 0.1) is 5.92 Å². The lowest BCUT2D eigenvalue weighted by molar-refractivity contribution is -0.141. The monoisotopic (exact) mass is 369 g/mol. The highest BCUT2D eigenvalue weighted by Gasteiger charge is 2.51. The van der Waals surface area contributed by atoms with Crippen LogP contribution in [-0.2, 0) is 15.0 Å². The van der Waals surface area contributed by atoms with Crippen LogP contribution in [0.1, 0.15) is 45.1 Å². The van der Waals surface area contributed by atoms with E-state index in [9.17, 15) is 9.59 Å². The number of para-hydroxylation sites is 1. The number of anilines is 1. The predicted octanol–water partition coefficient (Wildman–Crippen LogP) is 2.64. The Labute approximate surface area is 162 Å². The topological polar surface area (TPSA) is 43.9 Å².